The van der Waals surface area contributed by atoms with E-state index in [0.717, 1.165) is 0 Å². The topological polar surface area (TPSA) is 46.5 Å². The molecule has 0 amide bonds. The van der Waals surface area contributed by atoms with Gasteiger partial charge in [0.2, 0.25) is 0 Å². The third-order valence-corrected chi connectivity index (χ3v) is 6.17. The zero-order chi connectivity index (χ0) is 16.1. The molecular formula is C17H16ClO3P. The Morgan fingerprint density at radius 2 is 1.68 bits per heavy atom. The third kappa shape index (κ3) is 3.27. The molecule has 114 valence electrons. The van der Waals surface area contributed by atoms with Crippen LogP contribution >= 0.6 is 19.0 Å². The van der Waals surface area contributed by atoms with E-state index in [2.05, 4.69) is 11.6 Å². The third-order valence-electron chi connectivity index (χ3n) is 3.29. The molecule has 0 aliphatic rings. The highest BCUT2D eigenvalue weighted by molar-refractivity contribution is 7.65. The molecular weight excluding hydrogens is 319 g/mol. The van der Waals surface area contributed by atoms with Crippen LogP contribution in [0.1, 0.15) is 11.1 Å². The fourth-order valence-electron chi connectivity index (χ4n) is 1.98. The van der Waals surface area contributed by atoms with Gasteiger partial charge in [0.15, 0.2) is 5.34 Å². The van der Waals surface area contributed by atoms with Gasteiger partial charge in [-0.2, -0.15) is 0 Å². The molecule has 22 heavy (non-hydrogen) atoms. The molecule has 2 aromatic carbocycles. The van der Waals surface area contributed by atoms with Crippen molar-refractivity contribution in [3.8, 4) is 11.6 Å². The van der Waals surface area contributed by atoms with Crippen LogP contribution < -0.4 is 0 Å². The first-order valence-corrected chi connectivity index (χ1v) is 8.80. The molecule has 0 unspecified atom stereocenters. The van der Waals surface area contributed by atoms with E-state index < -0.39 is 12.7 Å². The zero-order valence-corrected chi connectivity index (χ0v) is 13.7. The largest absolute Gasteiger partial charge is 0.373 e. The van der Waals surface area contributed by atoms with E-state index in [-0.39, 0.29) is 5.88 Å². The summed E-state index contributed by atoms with van der Waals surface area (Å²) in [6, 6.07) is 17.7. The van der Waals surface area contributed by atoms with Gasteiger partial charge in [0, 0.05) is 12.7 Å². The molecule has 0 aromatic heterocycles. The van der Waals surface area contributed by atoms with E-state index in [1.807, 2.05) is 18.2 Å². The van der Waals surface area contributed by atoms with Crippen molar-refractivity contribution >= 4 is 19.0 Å². The Labute approximate surface area is 135 Å². The van der Waals surface area contributed by atoms with Gasteiger partial charge in [-0.15, -0.1) is 11.6 Å². The minimum absolute atomic E-state index is 0.286. The Kier molecular flexibility index (Phi) is 5.45. The molecule has 0 fully saturated rings. The summed E-state index contributed by atoms with van der Waals surface area (Å²) >= 11 is 5.92. The van der Waals surface area contributed by atoms with Crippen LogP contribution in [0.15, 0.2) is 60.7 Å². The van der Waals surface area contributed by atoms with Crippen molar-refractivity contribution in [3.63, 3.8) is 0 Å². The highest BCUT2D eigenvalue weighted by atomic mass is 35.5. The van der Waals surface area contributed by atoms with Gasteiger partial charge in [0.25, 0.3) is 0 Å². The summed E-state index contributed by atoms with van der Waals surface area (Å²) in [5, 5.41) is 9.01. The number of rotatable bonds is 4. The molecule has 0 bridgehead atoms. The molecule has 2 aromatic rings. The maximum Gasteiger partial charge on any atom is 0.310 e. The molecule has 0 spiro atoms. The average molecular weight is 335 g/mol. The second-order valence-corrected chi connectivity index (χ2v) is 7.35. The molecule has 5 heteroatoms. The van der Waals surface area contributed by atoms with Crippen LogP contribution in [-0.2, 0) is 14.4 Å². The van der Waals surface area contributed by atoms with Gasteiger partial charge in [0.1, 0.15) is 0 Å². The molecule has 0 saturated heterocycles. The molecule has 0 heterocycles. The van der Waals surface area contributed by atoms with E-state index >= 15 is 0 Å². The van der Waals surface area contributed by atoms with E-state index in [9.17, 15) is 9.67 Å². The van der Waals surface area contributed by atoms with E-state index in [1.165, 1.54) is 7.11 Å². The first-order valence-electron chi connectivity index (χ1n) is 6.64. The number of alkyl halides is 1. The molecule has 0 saturated carbocycles. The number of hydrogen-bond donors (Lipinski definition) is 1. The first kappa shape index (κ1) is 16.8. The average Bonchev–Trinajstić information content (AvgIpc) is 2.60. The van der Waals surface area contributed by atoms with Crippen molar-refractivity contribution in [2.24, 2.45) is 0 Å². The van der Waals surface area contributed by atoms with Gasteiger partial charge < -0.3 is 9.63 Å². The summed E-state index contributed by atoms with van der Waals surface area (Å²) in [5.41, 5.74) is 3.70. The Balaban J connectivity index is 2.48. The fourth-order valence-corrected chi connectivity index (χ4v) is 4.11. The summed E-state index contributed by atoms with van der Waals surface area (Å²) in [6.45, 7) is 0. The monoisotopic (exact) mass is 334 g/mol. The molecule has 0 aliphatic heterocycles. The lowest BCUT2D eigenvalue weighted by Crippen LogP contribution is -2.28. The summed E-state index contributed by atoms with van der Waals surface area (Å²) < 4.78 is 18.2. The summed E-state index contributed by atoms with van der Waals surface area (Å²) in [5.74, 6) is 2.50. The Morgan fingerprint density at radius 1 is 1.14 bits per heavy atom. The zero-order valence-electron chi connectivity index (χ0n) is 12.1. The van der Waals surface area contributed by atoms with Crippen molar-refractivity contribution < 1.29 is 14.2 Å². The normalized spacial score (nSPS) is 16.0. The standard InChI is InChI=1S/C17H16ClO3P/c1-21-22(20,13-12-15-8-4-2-5-9-15)17(19,14-18)16-10-6-3-7-11-16/h2-11,19H,14H2,1H3/t17-,22+/m0/s1. The van der Waals surface area contributed by atoms with Gasteiger partial charge in [-0.1, -0.05) is 54.5 Å². The van der Waals surface area contributed by atoms with Crippen LogP contribution in [-0.4, -0.2) is 18.1 Å². The highest BCUT2D eigenvalue weighted by Crippen LogP contribution is 2.62. The number of halogens is 1. The summed E-state index contributed by atoms with van der Waals surface area (Å²) in [6.07, 6.45) is 0. The van der Waals surface area contributed by atoms with Crippen LogP contribution in [0.2, 0.25) is 0 Å². The predicted molar refractivity (Wildman–Crippen MR) is 89.0 cm³/mol. The molecule has 0 radical (unpaired) electrons. The number of hydrogen-bond acceptors (Lipinski definition) is 3. The maximum absolute atomic E-state index is 13.1. The van der Waals surface area contributed by atoms with Gasteiger partial charge >= 0.3 is 7.37 Å². The van der Waals surface area contributed by atoms with E-state index in [0.29, 0.717) is 11.1 Å². The van der Waals surface area contributed by atoms with Crippen molar-refractivity contribution in [2.75, 3.05) is 13.0 Å². The molecule has 1 N–H and O–H groups in total. The van der Waals surface area contributed by atoms with Crippen LogP contribution in [0.3, 0.4) is 0 Å². The molecule has 0 aliphatic carbocycles. The molecule has 3 nitrogen and oxygen atoms in total. The number of benzene rings is 2. The van der Waals surface area contributed by atoms with E-state index in [1.54, 1.807) is 42.5 Å². The highest BCUT2D eigenvalue weighted by Gasteiger charge is 2.47. The van der Waals surface area contributed by atoms with E-state index in [4.69, 9.17) is 16.1 Å². The summed E-state index contributed by atoms with van der Waals surface area (Å²) in [4.78, 5) is 0. The Morgan fingerprint density at radius 3 is 2.18 bits per heavy atom. The quantitative estimate of drug-likeness (QED) is 0.522. The molecule has 2 atom stereocenters. The van der Waals surface area contributed by atoms with Gasteiger partial charge in [-0.25, -0.2) is 0 Å². The van der Waals surface area contributed by atoms with Crippen LogP contribution in [0.25, 0.3) is 0 Å². The minimum atomic E-state index is -3.75. The van der Waals surface area contributed by atoms with Crippen molar-refractivity contribution in [3.05, 3.63) is 71.8 Å². The van der Waals surface area contributed by atoms with Crippen LogP contribution in [0, 0.1) is 11.6 Å². The second-order valence-electron chi connectivity index (χ2n) is 4.65. The predicted octanol–water partition coefficient (Wildman–Crippen LogP) is 4.00. The number of aliphatic hydroxyl groups is 1. The molecule has 2 rings (SSSR count). The lowest BCUT2D eigenvalue weighted by Gasteiger charge is -2.30. The van der Waals surface area contributed by atoms with Crippen molar-refractivity contribution in [2.45, 2.75) is 5.34 Å². The van der Waals surface area contributed by atoms with Gasteiger partial charge in [0.05, 0.1) is 5.88 Å². The maximum atomic E-state index is 13.1. The Hall–Kier alpha value is -1.56. The van der Waals surface area contributed by atoms with Crippen LogP contribution in [0.4, 0.5) is 0 Å². The Bertz CT molecular complexity index is 722. The van der Waals surface area contributed by atoms with Crippen molar-refractivity contribution in [1.82, 2.24) is 0 Å². The van der Waals surface area contributed by atoms with Crippen LogP contribution in [0.5, 0.6) is 0 Å². The summed E-state index contributed by atoms with van der Waals surface area (Å²) in [7, 11) is -2.48. The first-order chi connectivity index (χ1) is 10.6. The van der Waals surface area contributed by atoms with Crippen molar-refractivity contribution in [1.29, 1.82) is 0 Å². The SMILES string of the molecule is CO[P@](=O)(C#Cc1ccccc1)[C@@](O)(CCl)c1ccccc1. The van der Waals surface area contributed by atoms with Gasteiger partial charge in [-0.05, 0) is 23.4 Å². The lowest BCUT2D eigenvalue weighted by atomic mass is 10.1. The minimum Gasteiger partial charge on any atom is -0.373 e. The second kappa shape index (κ2) is 7.13. The van der Waals surface area contributed by atoms with Gasteiger partial charge in [-0.3, -0.25) is 4.57 Å². The lowest BCUT2D eigenvalue weighted by molar-refractivity contribution is 0.130. The smallest absolute Gasteiger partial charge is 0.310 e. The fraction of sp³-hybridized carbons (Fsp3) is 0.176.